The summed E-state index contributed by atoms with van der Waals surface area (Å²) in [5, 5.41) is 0.671. The third-order valence-corrected chi connectivity index (χ3v) is 8.50. The van der Waals surface area contributed by atoms with Crippen LogP contribution in [0.5, 0.6) is 11.5 Å². The molecule has 0 radical (unpaired) electrons. The van der Waals surface area contributed by atoms with E-state index in [0.29, 0.717) is 50.3 Å². The zero-order valence-electron chi connectivity index (χ0n) is 23.5. The van der Waals surface area contributed by atoms with E-state index >= 15 is 0 Å². The molecule has 0 N–H and O–H groups in total. The first kappa shape index (κ1) is 30.5. The molecule has 1 aliphatic heterocycles. The number of aromatic nitrogens is 1. The number of hydrogen-bond acceptors (Lipinski definition) is 7. The Morgan fingerprint density at radius 3 is 2.53 bits per heavy atom. The predicted octanol–water partition coefficient (Wildman–Crippen LogP) is 6.36. The summed E-state index contributed by atoms with van der Waals surface area (Å²) in [6.07, 6.45) is 3.47. The van der Waals surface area contributed by atoms with Crippen LogP contribution in [0.2, 0.25) is 5.02 Å². The van der Waals surface area contributed by atoms with Gasteiger partial charge in [0.1, 0.15) is 24.7 Å². The summed E-state index contributed by atoms with van der Waals surface area (Å²) in [4.78, 5) is 32.2. The fourth-order valence-corrected chi connectivity index (χ4v) is 6.31. The number of carbonyl (C=O) groups excluding carboxylic acids is 1. The van der Waals surface area contributed by atoms with E-state index in [-0.39, 0.29) is 12.2 Å². The second-order valence-electron chi connectivity index (χ2n) is 9.58. The molecule has 0 saturated heterocycles. The van der Waals surface area contributed by atoms with E-state index in [4.69, 9.17) is 25.8 Å². The Hall–Kier alpha value is -3.92. The van der Waals surface area contributed by atoms with Crippen LogP contribution in [0.4, 0.5) is 0 Å². The van der Waals surface area contributed by atoms with Gasteiger partial charge in [0.25, 0.3) is 5.56 Å². The van der Waals surface area contributed by atoms with Gasteiger partial charge in [-0.05, 0) is 88.9 Å². The highest BCUT2D eigenvalue weighted by Crippen LogP contribution is 2.32. The summed E-state index contributed by atoms with van der Waals surface area (Å²) in [7, 11) is 0. The molecule has 2 heterocycles. The Morgan fingerprint density at radius 1 is 1.12 bits per heavy atom. The van der Waals surface area contributed by atoms with E-state index in [1.54, 1.807) is 36.6 Å². The maximum atomic E-state index is 13.9. The third-order valence-electron chi connectivity index (χ3n) is 6.64. The smallest absolute Gasteiger partial charge is 0.338 e. The molecule has 0 amide bonds. The highest BCUT2D eigenvalue weighted by molar-refractivity contribution is 9.10. The van der Waals surface area contributed by atoms with Gasteiger partial charge in [-0.1, -0.05) is 65.9 Å². The summed E-state index contributed by atoms with van der Waals surface area (Å²) >= 11 is 10.8. The van der Waals surface area contributed by atoms with E-state index in [1.807, 2.05) is 60.7 Å². The number of esters is 1. The van der Waals surface area contributed by atoms with Crippen LogP contribution >= 0.6 is 38.9 Å². The molecular formula is C33H28BrClN2O5S. The molecule has 4 aromatic rings. The lowest BCUT2D eigenvalue weighted by molar-refractivity contribution is -0.139. The number of thiazole rings is 1. The number of halogens is 2. The second kappa shape index (κ2) is 13.6. The van der Waals surface area contributed by atoms with Crippen LogP contribution in [0.3, 0.4) is 0 Å². The van der Waals surface area contributed by atoms with Crippen molar-refractivity contribution in [3.05, 3.63) is 137 Å². The zero-order chi connectivity index (χ0) is 30.5. The van der Waals surface area contributed by atoms with Crippen LogP contribution in [0, 0.1) is 0 Å². The van der Waals surface area contributed by atoms with Crippen LogP contribution in [0.25, 0.3) is 6.08 Å². The van der Waals surface area contributed by atoms with Crippen molar-refractivity contribution in [2.24, 2.45) is 4.99 Å². The standard InChI is InChI=1S/C33H28BrClN2O5S/c1-4-16-41-25-13-9-23(10-14-25)30-29(32(39)40-5-2)20(3)36-33-37(30)31(38)28(43-33)18-22-8-15-27(26(34)17-22)42-19-21-6-11-24(35)12-7-21/h4,6-15,17-18,30H,1,5,16,19H2,2-3H3/b28-18-/t30-/m0/s1. The fraction of sp³-hybridized carbons (Fsp3) is 0.182. The van der Waals surface area contributed by atoms with E-state index in [1.165, 1.54) is 11.3 Å². The number of nitrogens with zero attached hydrogens (tertiary/aromatic N) is 2. The summed E-state index contributed by atoms with van der Waals surface area (Å²) in [6, 6.07) is 19.7. The minimum absolute atomic E-state index is 0.204. The topological polar surface area (TPSA) is 79.1 Å². The third kappa shape index (κ3) is 6.85. The Morgan fingerprint density at radius 2 is 1.86 bits per heavy atom. The second-order valence-corrected chi connectivity index (χ2v) is 11.9. The van der Waals surface area contributed by atoms with Crippen LogP contribution in [0.15, 0.2) is 105 Å². The Kier molecular flexibility index (Phi) is 9.65. The van der Waals surface area contributed by atoms with Gasteiger partial charge in [-0.15, -0.1) is 0 Å². The SMILES string of the molecule is C=CCOc1ccc([C@H]2C(C(=O)OCC)=C(C)N=c3s/c(=C\c4ccc(OCc5ccc(Cl)cc5)c(Br)c4)c(=O)n32)cc1. The molecular weight excluding hydrogens is 652 g/mol. The lowest BCUT2D eigenvalue weighted by Crippen LogP contribution is -2.39. The van der Waals surface area contributed by atoms with Gasteiger partial charge in [0, 0.05) is 5.02 Å². The number of benzene rings is 3. The molecule has 7 nitrogen and oxygen atoms in total. The van der Waals surface area contributed by atoms with Crippen LogP contribution < -0.4 is 24.4 Å². The largest absolute Gasteiger partial charge is 0.490 e. The lowest BCUT2D eigenvalue weighted by Gasteiger charge is -2.24. The number of fused-ring (bicyclic) bond motifs is 1. The van der Waals surface area contributed by atoms with E-state index < -0.39 is 12.0 Å². The van der Waals surface area contributed by atoms with Gasteiger partial charge in [-0.3, -0.25) is 9.36 Å². The van der Waals surface area contributed by atoms with Crippen LogP contribution in [-0.4, -0.2) is 23.8 Å². The highest BCUT2D eigenvalue weighted by Gasteiger charge is 2.33. The Balaban J connectivity index is 1.50. The average molecular weight is 680 g/mol. The molecule has 0 aliphatic carbocycles. The first-order chi connectivity index (χ1) is 20.8. The number of ether oxygens (including phenoxy) is 3. The van der Waals surface area contributed by atoms with Gasteiger partial charge >= 0.3 is 5.97 Å². The van der Waals surface area contributed by atoms with Crippen molar-refractivity contribution in [1.82, 2.24) is 4.57 Å². The molecule has 43 heavy (non-hydrogen) atoms. The number of hydrogen-bond donors (Lipinski definition) is 0. The molecule has 220 valence electrons. The quantitative estimate of drug-likeness (QED) is 0.144. The van der Waals surface area contributed by atoms with E-state index in [9.17, 15) is 9.59 Å². The maximum Gasteiger partial charge on any atom is 0.338 e. The molecule has 0 bridgehead atoms. The van der Waals surface area contributed by atoms with Gasteiger partial charge in [0.15, 0.2) is 4.80 Å². The molecule has 0 unspecified atom stereocenters. The van der Waals surface area contributed by atoms with Gasteiger partial charge < -0.3 is 14.2 Å². The molecule has 5 rings (SSSR count). The summed E-state index contributed by atoms with van der Waals surface area (Å²) in [5.41, 5.74) is 3.11. The maximum absolute atomic E-state index is 13.9. The Bertz CT molecular complexity index is 1880. The minimum atomic E-state index is -0.707. The van der Waals surface area contributed by atoms with Crippen LogP contribution in [-0.2, 0) is 16.1 Å². The predicted molar refractivity (Wildman–Crippen MR) is 172 cm³/mol. The molecule has 10 heteroatoms. The van der Waals surface area contributed by atoms with Crippen molar-refractivity contribution < 1.29 is 19.0 Å². The molecule has 1 aliphatic rings. The molecule has 0 saturated carbocycles. The molecule has 1 aromatic heterocycles. The minimum Gasteiger partial charge on any atom is -0.490 e. The Labute approximate surface area is 266 Å². The van der Waals surface area contributed by atoms with Gasteiger partial charge in [0.05, 0.1) is 32.9 Å². The normalized spacial score (nSPS) is 14.6. The van der Waals surface area contributed by atoms with E-state index in [2.05, 4.69) is 27.5 Å². The van der Waals surface area contributed by atoms with Crippen molar-refractivity contribution in [1.29, 1.82) is 0 Å². The van der Waals surface area contributed by atoms with Gasteiger partial charge in [-0.2, -0.15) is 0 Å². The highest BCUT2D eigenvalue weighted by atomic mass is 79.9. The number of rotatable bonds is 10. The van der Waals surface area contributed by atoms with Crippen molar-refractivity contribution in [3.63, 3.8) is 0 Å². The molecule has 1 atom stereocenters. The van der Waals surface area contributed by atoms with Crippen LogP contribution in [0.1, 0.15) is 36.6 Å². The lowest BCUT2D eigenvalue weighted by atomic mass is 9.96. The van der Waals surface area contributed by atoms with Gasteiger partial charge in [0.2, 0.25) is 0 Å². The monoisotopic (exact) mass is 678 g/mol. The molecule has 3 aromatic carbocycles. The first-order valence-electron chi connectivity index (χ1n) is 13.5. The summed E-state index contributed by atoms with van der Waals surface area (Å²) in [6.45, 7) is 8.14. The summed E-state index contributed by atoms with van der Waals surface area (Å²) < 4.78 is 19.8. The molecule has 0 fully saturated rings. The van der Waals surface area contributed by atoms with Crippen molar-refractivity contribution in [2.75, 3.05) is 13.2 Å². The number of carbonyl (C=O) groups is 1. The van der Waals surface area contributed by atoms with E-state index in [0.717, 1.165) is 21.2 Å². The van der Waals surface area contributed by atoms with Gasteiger partial charge in [-0.25, -0.2) is 9.79 Å². The average Bonchev–Trinajstić information content (AvgIpc) is 3.30. The fourth-order valence-electron chi connectivity index (χ4n) is 4.63. The van der Waals surface area contributed by atoms with Crippen molar-refractivity contribution in [3.8, 4) is 11.5 Å². The molecule has 0 spiro atoms. The number of allylic oxidation sites excluding steroid dienone is 1. The first-order valence-corrected chi connectivity index (χ1v) is 15.5. The summed E-state index contributed by atoms with van der Waals surface area (Å²) in [5.74, 6) is 0.817. The zero-order valence-corrected chi connectivity index (χ0v) is 26.7. The van der Waals surface area contributed by atoms with Crippen molar-refractivity contribution >= 4 is 50.9 Å². The van der Waals surface area contributed by atoms with Crippen molar-refractivity contribution in [2.45, 2.75) is 26.5 Å².